The van der Waals surface area contributed by atoms with E-state index in [-0.39, 0.29) is 5.75 Å². The molecule has 0 fully saturated rings. The second kappa shape index (κ2) is 7.67. The minimum Gasteiger partial charge on any atom is -0.286 e. The quantitative estimate of drug-likeness (QED) is 0.352. The first kappa shape index (κ1) is 16.1. The molecule has 1 aromatic carbocycles. The highest BCUT2D eigenvalue weighted by molar-refractivity contribution is 7.85. The number of hydrazone groups is 1. The van der Waals surface area contributed by atoms with Gasteiger partial charge < -0.3 is 0 Å². The van der Waals surface area contributed by atoms with Crippen LogP contribution in [-0.2, 0) is 16.7 Å². The van der Waals surface area contributed by atoms with Gasteiger partial charge in [-0.2, -0.15) is 18.1 Å². The van der Waals surface area contributed by atoms with E-state index in [2.05, 4.69) is 10.5 Å². The number of rotatable bonds is 7. The lowest BCUT2D eigenvalue weighted by Crippen LogP contribution is -2.38. The molecule has 0 amide bonds. The van der Waals surface area contributed by atoms with E-state index < -0.39 is 10.1 Å². The van der Waals surface area contributed by atoms with E-state index in [1.54, 1.807) is 6.21 Å². The molecule has 6 nitrogen and oxygen atoms in total. The smallest absolute Gasteiger partial charge is 0.265 e. The molecule has 1 aromatic heterocycles. The monoisotopic (exact) mass is 320 g/mol. The number of para-hydroxylation sites is 1. The Hall–Kier alpha value is -2.25. The Morgan fingerprint density at radius 3 is 2.59 bits per heavy atom. The highest BCUT2D eigenvalue weighted by Gasteiger charge is 2.10. The summed E-state index contributed by atoms with van der Waals surface area (Å²) in [5.41, 5.74) is 4.64. The molecule has 0 bridgehead atoms. The molecule has 7 heteroatoms. The van der Waals surface area contributed by atoms with E-state index in [0.29, 0.717) is 13.0 Å². The van der Waals surface area contributed by atoms with E-state index in [0.717, 1.165) is 11.4 Å². The van der Waals surface area contributed by atoms with Crippen molar-refractivity contribution in [3.8, 4) is 0 Å². The zero-order valence-corrected chi connectivity index (χ0v) is 12.8. The molecule has 2 N–H and O–H groups in total. The minimum absolute atomic E-state index is 0.256. The average Bonchev–Trinajstić information content (AvgIpc) is 2.49. The summed E-state index contributed by atoms with van der Waals surface area (Å²) in [5.74, 6) is -0.256. The fourth-order valence-corrected chi connectivity index (χ4v) is 2.41. The number of pyridine rings is 1. The van der Waals surface area contributed by atoms with Crippen LogP contribution in [0.5, 0.6) is 0 Å². The van der Waals surface area contributed by atoms with Crippen molar-refractivity contribution in [3.05, 3.63) is 60.4 Å². The van der Waals surface area contributed by atoms with Crippen LogP contribution in [0.1, 0.15) is 12.1 Å². The standard InChI is InChI=1S/C15H17N3O3S/c19-22(20,21)12-6-11-18-10-5-4-9-15(18)13-16-17-14-7-2-1-3-8-14/h1-5,7-10,13H,6,11-12H2,(H,19,20,21)/p+1. The molecule has 22 heavy (non-hydrogen) atoms. The Morgan fingerprint density at radius 2 is 1.86 bits per heavy atom. The van der Waals surface area contributed by atoms with Gasteiger partial charge in [0.05, 0.1) is 11.4 Å². The fraction of sp³-hybridized carbons (Fsp3) is 0.200. The Balaban J connectivity index is 1.98. The van der Waals surface area contributed by atoms with Gasteiger partial charge in [0, 0.05) is 18.6 Å². The normalized spacial score (nSPS) is 11.7. The van der Waals surface area contributed by atoms with E-state index in [4.69, 9.17) is 4.55 Å². The topological polar surface area (TPSA) is 82.6 Å². The second-order valence-corrected chi connectivity index (χ2v) is 6.27. The molecule has 0 spiro atoms. The molecule has 0 aliphatic heterocycles. The number of benzene rings is 1. The molecule has 0 unspecified atom stereocenters. The lowest BCUT2D eigenvalue weighted by Gasteiger charge is -2.01. The zero-order valence-electron chi connectivity index (χ0n) is 12.0. The maximum atomic E-state index is 10.7. The van der Waals surface area contributed by atoms with E-state index >= 15 is 0 Å². The van der Waals surface area contributed by atoms with E-state index in [1.807, 2.05) is 59.3 Å². The zero-order chi connectivity index (χ0) is 15.8. The highest BCUT2D eigenvalue weighted by Crippen LogP contribution is 2.04. The van der Waals surface area contributed by atoms with Crippen molar-refractivity contribution in [1.82, 2.24) is 0 Å². The Bertz CT molecular complexity index is 731. The third-order valence-electron chi connectivity index (χ3n) is 2.94. The van der Waals surface area contributed by atoms with Crippen LogP contribution in [0.4, 0.5) is 5.69 Å². The number of aromatic nitrogens is 1. The molecule has 0 saturated heterocycles. The van der Waals surface area contributed by atoms with Crippen molar-refractivity contribution in [1.29, 1.82) is 0 Å². The Kier molecular flexibility index (Phi) is 5.62. The number of anilines is 1. The van der Waals surface area contributed by atoms with Crippen LogP contribution in [-0.4, -0.2) is 24.9 Å². The molecule has 0 saturated carbocycles. The summed E-state index contributed by atoms with van der Waals surface area (Å²) in [6, 6.07) is 15.2. The van der Waals surface area contributed by atoms with Crippen LogP contribution in [0.15, 0.2) is 59.8 Å². The maximum Gasteiger partial charge on any atom is 0.265 e. The van der Waals surface area contributed by atoms with Gasteiger partial charge in [0.25, 0.3) is 10.1 Å². The van der Waals surface area contributed by atoms with Crippen LogP contribution < -0.4 is 9.99 Å². The first-order chi connectivity index (χ1) is 10.5. The van der Waals surface area contributed by atoms with Gasteiger partial charge in [0.2, 0.25) is 5.69 Å². The summed E-state index contributed by atoms with van der Waals surface area (Å²) >= 11 is 0. The largest absolute Gasteiger partial charge is 0.286 e. The predicted molar refractivity (Wildman–Crippen MR) is 85.3 cm³/mol. The molecule has 2 aromatic rings. The Morgan fingerprint density at radius 1 is 1.14 bits per heavy atom. The minimum atomic E-state index is -3.92. The van der Waals surface area contributed by atoms with Crippen LogP contribution in [0, 0.1) is 0 Å². The summed E-state index contributed by atoms with van der Waals surface area (Å²) in [6.07, 6.45) is 3.84. The van der Waals surface area contributed by atoms with Crippen LogP contribution >= 0.6 is 0 Å². The summed E-state index contributed by atoms with van der Waals surface area (Å²) in [6.45, 7) is 0.479. The molecule has 0 atom stereocenters. The summed E-state index contributed by atoms with van der Waals surface area (Å²) < 4.78 is 32.1. The van der Waals surface area contributed by atoms with E-state index in [1.165, 1.54) is 0 Å². The van der Waals surface area contributed by atoms with Gasteiger partial charge in [-0.3, -0.25) is 9.98 Å². The Labute approximate surface area is 129 Å². The summed E-state index contributed by atoms with van der Waals surface area (Å²) in [4.78, 5) is 0. The lowest BCUT2D eigenvalue weighted by atomic mass is 10.3. The van der Waals surface area contributed by atoms with Gasteiger partial charge in [-0.15, -0.1) is 0 Å². The highest BCUT2D eigenvalue weighted by atomic mass is 32.2. The van der Waals surface area contributed by atoms with Gasteiger partial charge in [-0.05, 0) is 18.2 Å². The van der Waals surface area contributed by atoms with Gasteiger partial charge in [-0.25, -0.2) is 0 Å². The maximum absolute atomic E-state index is 10.7. The number of nitrogens with one attached hydrogen (secondary N) is 1. The predicted octanol–water partition coefficient (Wildman–Crippen LogP) is 1.70. The SMILES string of the molecule is O=S(=O)(O)CCC[n+]1ccccc1C=NNc1ccccc1. The molecule has 1 heterocycles. The number of hydrogen-bond donors (Lipinski definition) is 2. The van der Waals surface area contributed by atoms with Crippen molar-refractivity contribution in [2.45, 2.75) is 13.0 Å². The van der Waals surface area contributed by atoms with Crippen molar-refractivity contribution in [3.63, 3.8) is 0 Å². The number of hydrogen-bond acceptors (Lipinski definition) is 4. The third-order valence-corrected chi connectivity index (χ3v) is 3.75. The summed E-state index contributed by atoms with van der Waals surface area (Å²) in [5, 5.41) is 4.17. The third kappa shape index (κ3) is 5.63. The van der Waals surface area contributed by atoms with E-state index in [9.17, 15) is 8.42 Å². The van der Waals surface area contributed by atoms with Gasteiger partial charge >= 0.3 is 0 Å². The lowest BCUT2D eigenvalue weighted by molar-refractivity contribution is -0.697. The molecular weight excluding hydrogens is 302 g/mol. The fourth-order valence-electron chi connectivity index (χ4n) is 1.91. The van der Waals surface area contributed by atoms with Gasteiger partial charge in [-0.1, -0.05) is 18.2 Å². The molecule has 0 aliphatic rings. The average molecular weight is 320 g/mol. The molecule has 2 rings (SSSR count). The van der Waals surface area contributed by atoms with Gasteiger partial charge in [0.15, 0.2) is 6.20 Å². The molecule has 0 radical (unpaired) electrons. The number of aryl methyl sites for hydroxylation is 1. The van der Waals surface area contributed by atoms with Crippen LogP contribution in [0.3, 0.4) is 0 Å². The van der Waals surface area contributed by atoms with Gasteiger partial charge in [0.1, 0.15) is 12.8 Å². The van der Waals surface area contributed by atoms with Crippen LogP contribution in [0.25, 0.3) is 0 Å². The molecular formula is C15H18N3O3S+. The molecule has 116 valence electrons. The van der Waals surface area contributed by atoms with Crippen molar-refractivity contribution >= 4 is 22.0 Å². The van der Waals surface area contributed by atoms with Crippen molar-refractivity contribution < 1.29 is 17.5 Å². The second-order valence-electron chi connectivity index (χ2n) is 4.69. The van der Waals surface area contributed by atoms with Crippen molar-refractivity contribution in [2.24, 2.45) is 5.10 Å². The number of nitrogens with zero attached hydrogens (tertiary/aromatic N) is 2. The van der Waals surface area contributed by atoms with Crippen molar-refractivity contribution in [2.75, 3.05) is 11.2 Å². The molecule has 0 aliphatic carbocycles. The first-order valence-corrected chi connectivity index (χ1v) is 8.43. The first-order valence-electron chi connectivity index (χ1n) is 6.82. The van der Waals surface area contributed by atoms with Crippen LogP contribution in [0.2, 0.25) is 0 Å². The summed E-state index contributed by atoms with van der Waals surface area (Å²) in [7, 11) is -3.92.